The number of ether oxygens (including phenoxy) is 2. The number of Topliss-reactive ketones (excluding diaryl/α,β-unsaturated/α-hetero) is 1. The lowest BCUT2D eigenvalue weighted by atomic mass is 9.69. The number of carbonyl (C=O) groups is 2. The Bertz CT molecular complexity index is 619. The molecule has 1 aliphatic carbocycles. The first-order valence-corrected chi connectivity index (χ1v) is 12.1. The number of aliphatic hydroxyl groups is 1. The highest BCUT2D eigenvalue weighted by Crippen LogP contribution is 2.41. The molecule has 1 saturated carbocycles. The number of esters is 1. The van der Waals surface area contributed by atoms with E-state index in [2.05, 4.69) is 31.5 Å². The maximum absolute atomic E-state index is 13.2. The number of methoxy groups -OCH3 is 1. The first kappa shape index (κ1) is 29.0. The fraction of sp³-hybridized carbons (Fsp3) is 0.920. The molecule has 1 aliphatic heterocycles. The van der Waals surface area contributed by atoms with E-state index in [1.165, 1.54) is 13.5 Å². The molecule has 0 aromatic rings. The van der Waals surface area contributed by atoms with Crippen molar-refractivity contribution in [3.05, 3.63) is 0 Å². The lowest BCUT2D eigenvalue weighted by molar-refractivity contribution is -0.166. The zero-order valence-corrected chi connectivity index (χ0v) is 21.8. The number of nitrogens with zero attached hydrogens (tertiary/aromatic N) is 1. The van der Waals surface area contributed by atoms with Gasteiger partial charge >= 0.3 is 5.97 Å². The fourth-order valence-electron chi connectivity index (χ4n) is 5.45. The average molecular weight is 457 g/mol. The number of aliphatic hydroxyl groups excluding tert-OH is 1. The van der Waals surface area contributed by atoms with E-state index in [1.54, 1.807) is 27.9 Å². The molecule has 0 aromatic heterocycles. The number of carbonyl (C=O) groups excluding carboxylic acids is 2. The molecule has 1 unspecified atom stereocenters. The molecule has 7 nitrogen and oxygen atoms in total. The van der Waals surface area contributed by atoms with Gasteiger partial charge in [-0.05, 0) is 71.9 Å². The van der Waals surface area contributed by atoms with Crippen LogP contribution in [0.2, 0.25) is 0 Å². The van der Waals surface area contributed by atoms with Crippen LogP contribution >= 0.6 is 0 Å². The van der Waals surface area contributed by atoms with Gasteiger partial charge < -0.3 is 20.3 Å². The monoisotopic (exact) mass is 456 g/mol. The molecule has 3 N–H and O–H groups in total. The summed E-state index contributed by atoms with van der Waals surface area (Å²) in [7, 11) is 5.17. The molecule has 1 saturated heterocycles. The van der Waals surface area contributed by atoms with Crippen LogP contribution in [0.1, 0.15) is 67.2 Å². The lowest BCUT2D eigenvalue weighted by Gasteiger charge is -2.44. The first-order chi connectivity index (χ1) is 14.9. The van der Waals surface area contributed by atoms with Gasteiger partial charge in [0.1, 0.15) is 12.0 Å². The minimum atomic E-state index is -1.32. The van der Waals surface area contributed by atoms with E-state index >= 15 is 0 Å². The van der Waals surface area contributed by atoms with Crippen molar-refractivity contribution in [2.45, 2.75) is 85.0 Å². The Morgan fingerprint density at radius 1 is 1.19 bits per heavy atom. The van der Waals surface area contributed by atoms with Gasteiger partial charge in [0.25, 0.3) is 0 Å². The molecule has 0 radical (unpaired) electrons. The molecule has 32 heavy (non-hydrogen) atoms. The van der Waals surface area contributed by atoms with E-state index in [4.69, 9.17) is 9.47 Å². The van der Waals surface area contributed by atoms with Crippen molar-refractivity contribution < 1.29 is 24.2 Å². The van der Waals surface area contributed by atoms with Crippen LogP contribution in [0.4, 0.5) is 0 Å². The van der Waals surface area contributed by atoms with Crippen LogP contribution in [0.3, 0.4) is 0 Å². The van der Waals surface area contributed by atoms with E-state index in [-0.39, 0.29) is 17.7 Å². The Labute approximate surface area is 195 Å². The third-order valence-electron chi connectivity index (χ3n) is 7.80. The summed E-state index contributed by atoms with van der Waals surface area (Å²) < 4.78 is 11.5. The minimum absolute atomic E-state index is 0.141. The maximum Gasteiger partial charge on any atom is 0.319 e. The van der Waals surface area contributed by atoms with Gasteiger partial charge in [-0.3, -0.25) is 14.5 Å². The van der Waals surface area contributed by atoms with E-state index in [1.807, 2.05) is 6.92 Å². The van der Waals surface area contributed by atoms with Crippen LogP contribution in [0.5, 0.6) is 0 Å². The Morgan fingerprint density at radius 2 is 1.75 bits per heavy atom. The standard InChI is InChI=1S/C24H43NO5.CH5N/c1-9-17-10-18(11-17)19-14-30-22(28)23(4,5)20(26)16(3)21(27)24(6,29-8)12-15(2)13-25(19)7;1-2/h15-19,21,27H,9-14H2,1-8H3;2H2,1H3/t15-,16+,17?,18?,19?,21-,24-;/m1./s1. The van der Waals surface area contributed by atoms with Crippen molar-refractivity contribution >= 4 is 11.8 Å². The summed E-state index contributed by atoms with van der Waals surface area (Å²) in [5.41, 5.74) is 2.31. The SMILES string of the molecule is CCC1CC(C2COC(=O)C(C)(C)C(=O)[C@H](C)[C@@H](O)[C@](C)(OC)C[C@@H](C)CN2C)C1.CN. The first-order valence-electron chi connectivity index (χ1n) is 12.1. The number of cyclic esters (lactones) is 1. The Balaban J connectivity index is 0.00000249. The van der Waals surface area contributed by atoms with Crippen molar-refractivity contribution in [1.29, 1.82) is 0 Å². The highest BCUT2D eigenvalue weighted by Gasteiger charge is 2.48. The van der Waals surface area contributed by atoms with Crippen molar-refractivity contribution in [3.8, 4) is 0 Å². The lowest BCUT2D eigenvalue weighted by Crippen LogP contribution is -2.51. The van der Waals surface area contributed by atoms with Gasteiger partial charge in [0.2, 0.25) is 0 Å². The third-order valence-corrected chi connectivity index (χ3v) is 7.80. The molecule has 7 heteroatoms. The second-order valence-electron chi connectivity index (χ2n) is 10.7. The molecular weight excluding hydrogens is 408 g/mol. The Morgan fingerprint density at radius 3 is 2.25 bits per heavy atom. The molecule has 2 fully saturated rings. The van der Waals surface area contributed by atoms with Crippen LogP contribution in [-0.4, -0.2) is 73.9 Å². The van der Waals surface area contributed by atoms with Gasteiger partial charge in [-0.2, -0.15) is 0 Å². The summed E-state index contributed by atoms with van der Waals surface area (Å²) >= 11 is 0. The molecule has 2 rings (SSSR count). The van der Waals surface area contributed by atoms with Gasteiger partial charge in [0, 0.05) is 25.6 Å². The highest BCUT2D eigenvalue weighted by atomic mass is 16.5. The van der Waals surface area contributed by atoms with Gasteiger partial charge in [-0.1, -0.05) is 27.2 Å². The highest BCUT2D eigenvalue weighted by molar-refractivity contribution is 6.04. The zero-order valence-electron chi connectivity index (χ0n) is 21.8. The Hall–Kier alpha value is -1.02. The van der Waals surface area contributed by atoms with Crippen molar-refractivity contribution in [2.24, 2.45) is 34.8 Å². The van der Waals surface area contributed by atoms with Gasteiger partial charge in [0.15, 0.2) is 5.78 Å². The van der Waals surface area contributed by atoms with Gasteiger partial charge in [-0.15, -0.1) is 0 Å². The summed E-state index contributed by atoms with van der Waals surface area (Å²) in [5.74, 6) is -0.0616. The summed E-state index contributed by atoms with van der Waals surface area (Å²) in [6.45, 7) is 12.2. The predicted octanol–water partition coefficient (Wildman–Crippen LogP) is 2.88. The summed E-state index contributed by atoms with van der Waals surface area (Å²) in [6.07, 6.45) is 3.11. The minimum Gasteiger partial charge on any atom is -0.463 e. The fourth-order valence-corrected chi connectivity index (χ4v) is 5.45. The van der Waals surface area contributed by atoms with Crippen LogP contribution < -0.4 is 5.73 Å². The molecule has 188 valence electrons. The van der Waals surface area contributed by atoms with Crippen molar-refractivity contribution in [2.75, 3.05) is 34.4 Å². The van der Waals surface area contributed by atoms with E-state index < -0.39 is 29.0 Å². The molecule has 1 heterocycles. The smallest absolute Gasteiger partial charge is 0.319 e. The van der Waals surface area contributed by atoms with Crippen molar-refractivity contribution in [1.82, 2.24) is 4.90 Å². The van der Waals surface area contributed by atoms with E-state index in [0.29, 0.717) is 18.9 Å². The third kappa shape index (κ3) is 6.31. The molecule has 5 atom stereocenters. The van der Waals surface area contributed by atoms with E-state index in [9.17, 15) is 14.7 Å². The quantitative estimate of drug-likeness (QED) is 0.497. The topological polar surface area (TPSA) is 102 Å². The van der Waals surface area contributed by atoms with Gasteiger partial charge in [-0.25, -0.2) is 0 Å². The Kier molecular flexibility index (Phi) is 10.8. The number of ketones is 1. The summed E-state index contributed by atoms with van der Waals surface area (Å²) in [6, 6.07) is 0.141. The number of hydrogen-bond acceptors (Lipinski definition) is 7. The van der Waals surface area contributed by atoms with Crippen LogP contribution in [0, 0.1) is 29.1 Å². The van der Waals surface area contributed by atoms with Crippen LogP contribution in [0.25, 0.3) is 0 Å². The second kappa shape index (κ2) is 11.9. The number of hydrogen-bond donors (Lipinski definition) is 2. The molecule has 2 aliphatic rings. The second-order valence-corrected chi connectivity index (χ2v) is 10.7. The molecule has 0 aromatic carbocycles. The number of nitrogens with two attached hydrogens (primary N) is 1. The summed E-state index contributed by atoms with van der Waals surface area (Å²) in [4.78, 5) is 28.4. The zero-order chi connectivity index (χ0) is 24.9. The van der Waals surface area contributed by atoms with Crippen LogP contribution in [0.15, 0.2) is 0 Å². The van der Waals surface area contributed by atoms with E-state index in [0.717, 1.165) is 25.3 Å². The van der Waals surface area contributed by atoms with Crippen molar-refractivity contribution in [3.63, 3.8) is 0 Å². The number of rotatable bonds is 3. The largest absolute Gasteiger partial charge is 0.463 e. The molecule has 0 amide bonds. The normalized spacial score (nSPS) is 39.3. The average Bonchev–Trinajstić information content (AvgIpc) is 2.73. The predicted molar refractivity (Wildman–Crippen MR) is 127 cm³/mol. The summed E-state index contributed by atoms with van der Waals surface area (Å²) in [5, 5.41) is 11.1. The van der Waals surface area contributed by atoms with Gasteiger partial charge in [0.05, 0.1) is 11.7 Å². The number of likely N-dealkylation sites (N-methyl/N-ethyl adjacent to an activating group) is 1. The molecular formula is C25H48N2O5. The molecule has 0 bridgehead atoms. The molecule has 0 spiro atoms. The van der Waals surface area contributed by atoms with Crippen LogP contribution in [-0.2, 0) is 19.1 Å². The maximum atomic E-state index is 13.2.